The lowest BCUT2D eigenvalue weighted by Crippen LogP contribution is -2.43. The average Bonchev–Trinajstić information content (AvgIpc) is 3.23. The second kappa shape index (κ2) is 7.14. The van der Waals surface area contributed by atoms with Crippen LogP contribution < -0.4 is 16.0 Å². The van der Waals surface area contributed by atoms with E-state index in [-0.39, 0.29) is 18.5 Å². The highest BCUT2D eigenvalue weighted by Gasteiger charge is 2.23. The molecule has 0 aliphatic heterocycles. The lowest BCUT2D eigenvalue weighted by molar-refractivity contribution is -0.120. The fourth-order valence-electron chi connectivity index (χ4n) is 1.68. The fraction of sp³-hybridized carbons (Fsp3) is 0.429. The molecule has 2 rings (SSSR count). The van der Waals surface area contributed by atoms with Crippen LogP contribution in [0.15, 0.2) is 24.3 Å². The smallest absolute Gasteiger partial charge is 0.315 e. The molecule has 6 heteroatoms. The van der Waals surface area contributed by atoms with Gasteiger partial charge in [0.15, 0.2) is 0 Å². The molecule has 1 aromatic rings. The summed E-state index contributed by atoms with van der Waals surface area (Å²) in [6.07, 6.45) is 2.79. The summed E-state index contributed by atoms with van der Waals surface area (Å²) in [5.74, 6) is -0.190. The van der Waals surface area contributed by atoms with Gasteiger partial charge >= 0.3 is 6.03 Å². The molecule has 3 N–H and O–H groups in total. The van der Waals surface area contributed by atoms with Crippen molar-refractivity contribution >= 4 is 23.5 Å². The first-order valence-electron chi connectivity index (χ1n) is 6.69. The average molecular weight is 296 g/mol. The van der Waals surface area contributed by atoms with Crippen molar-refractivity contribution in [1.29, 1.82) is 0 Å². The molecular weight excluding hydrogens is 278 g/mol. The van der Waals surface area contributed by atoms with Gasteiger partial charge in [-0.25, -0.2) is 4.79 Å². The third kappa shape index (κ3) is 5.48. The van der Waals surface area contributed by atoms with Gasteiger partial charge in [-0.1, -0.05) is 23.7 Å². The molecule has 0 saturated heterocycles. The fourth-order valence-corrected chi connectivity index (χ4v) is 1.81. The van der Waals surface area contributed by atoms with E-state index in [1.807, 2.05) is 24.3 Å². The van der Waals surface area contributed by atoms with E-state index < -0.39 is 0 Å². The van der Waals surface area contributed by atoms with Gasteiger partial charge in [0.05, 0.1) is 6.54 Å². The van der Waals surface area contributed by atoms with Crippen LogP contribution in [0.4, 0.5) is 4.79 Å². The topological polar surface area (TPSA) is 70.2 Å². The number of carbonyl (C=O) groups is 2. The maximum atomic E-state index is 11.5. The van der Waals surface area contributed by atoms with Crippen molar-refractivity contribution in [3.63, 3.8) is 0 Å². The Hall–Kier alpha value is -1.75. The van der Waals surface area contributed by atoms with E-state index in [0.29, 0.717) is 17.6 Å². The first-order chi connectivity index (χ1) is 9.63. The molecule has 1 fully saturated rings. The van der Waals surface area contributed by atoms with Gasteiger partial charge in [0.25, 0.3) is 0 Å². The molecule has 20 heavy (non-hydrogen) atoms. The van der Waals surface area contributed by atoms with Crippen LogP contribution in [0.1, 0.15) is 18.4 Å². The standard InChI is InChI=1S/C14H18ClN3O2/c15-11-3-1-10(2-4-11)7-8-16-13(19)9-17-14(20)18-12-5-6-12/h1-4,12H,5-9H2,(H,16,19)(H2,17,18,20). The van der Waals surface area contributed by atoms with Gasteiger partial charge in [-0.2, -0.15) is 0 Å². The molecule has 0 spiro atoms. The van der Waals surface area contributed by atoms with E-state index >= 15 is 0 Å². The number of halogens is 1. The van der Waals surface area contributed by atoms with Crippen LogP contribution in [0.25, 0.3) is 0 Å². The van der Waals surface area contributed by atoms with Crippen LogP contribution in [0, 0.1) is 0 Å². The van der Waals surface area contributed by atoms with Crippen molar-refractivity contribution in [1.82, 2.24) is 16.0 Å². The predicted octanol–water partition coefficient (Wildman–Crippen LogP) is 1.46. The van der Waals surface area contributed by atoms with Crippen molar-refractivity contribution in [3.05, 3.63) is 34.9 Å². The van der Waals surface area contributed by atoms with Crippen LogP contribution in [-0.4, -0.2) is 31.1 Å². The third-order valence-corrected chi connectivity index (χ3v) is 3.22. The maximum absolute atomic E-state index is 11.5. The SMILES string of the molecule is O=C(CNC(=O)NC1CC1)NCCc1ccc(Cl)cc1. The summed E-state index contributed by atoms with van der Waals surface area (Å²) in [6, 6.07) is 7.51. The monoisotopic (exact) mass is 295 g/mol. The molecule has 1 aliphatic rings. The molecule has 0 unspecified atom stereocenters. The van der Waals surface area contributed by atoms with Crippen LogP contribution in [-0.2, 0) is 11.2 Å². The minimum absolute atomic E-state index is 0.000822. The molecule has 108 valence electrons. The van der Waals surface area contributed by atoms with Gasteiger partial charge in [0, 0.05) is 17.6 Å². The lowest BCUT2D eigenvalue weighted by atomic mass is 10.1. The highest BCUT2D eigenvalue weighted by atomic mass is 35.5. The Morgan fingerprint density at radius 2 is 1.85 bits per heavy atom. The van der Waals surface area contributed by atoms with Crippen molar-refractivity contribution in [2.45, 2.75) is 25.3 Å². The van der Waals surface area contributed by atoms with E-state index in [9.17, 15) is 9.59 Å². The third-order valence-electron chi connectivity index (χ3n) is 2.97. The van der Waals surface area contributed by atoms with Crippen LogP contribution >= 0.6 is 11.6 Å². The van der Waals surface area contributed by atoms with Crippen LogP contribution in [0.2, 0.25) is 5.02 Å². The van der Waals surface area contributed by atoms with Gasteiger partial charge in [0.2, 0.25) is 5.91 Å². The second-order valence-electron chi connectivity index (χ2n) is 4.83. The van der Waals surface area contributed by atoms with Gasteiger partial charge in [-0.3, -0.25) is 4.79 Å². The second-order valence-corrected chi connectivity index (χ2v) is 5.26. The van der Waals surface area contributed by atoms with Crippen molar-refractivity contribution in [2.75, 3.05) is 13.1 Å². The highest BCUT2D eigenvalue weighted by molar-refractivity contribution is 6.30. The summed E-state index contributed by atoms with van der Waals surface area (Å²) in [7, 11) is 0. The Bertz CT molecular complexity index is 472. The highest BCUT2D eigenvalue weighted by Crippen LogP contribution is 2.18. The Morgan fingerprint density at radius 3 is 2.50 bits per heavy atom. The van der Waals surface area contributed by atoms with Gasteiger partial charge < -0.3 is 16.0 Å². The molecule has 0 aromatic heterocycles. The molecule has 0 atom stereocenters. The molecule has 0 bridgehead atoms. The molecule has 1 aliphatic carbocycles. The quantitative estimate of drug-likeness (QED) is 0.743. The van der Waals surface area contributed by atoms with E-state index in [2.05, 4.69) is 16.0 Å². The molecular formula is C14H18ClN3O2. The molecule has 0 radical (unpaired) electrons. The number of urea groups is 1. The summed E-state index contributed by atoms with van der Waals surface area (Å²) in [5, 5.41) is 8.74. The summed E-state index contributed by atoms with van der Waals surface area (Å²) in [5.41, 5.74) is 1.11. The first-order valence-corrected chi connectivity index (χ1v) is 7.07. The predicted molar refractivity (Wildman–Crippen MR) is 77.7 cm³/mol. The van der Waals surface area contributed by atoms with Crippen molar-refractivity contribution < 1.29 is 9.59 Å². The summed E-state index contributed by atoms with van der Waals surface area (Å²) in [4.78, 5) is 22.8. The normalized spacial score (nSPS) is 13.7. The Balaban J connectivity index is 1.57. The van der Waals surface area contributed by atoms with E-state index in [1.54, 1.807) is 0 Å². The summed E-state index contributed by atoms with van der Waals surface area (Å²) in [6.45, 7) is 0.533. The van der Waals surface area contributed by atoms with Crippen molar-refractivity contribution in [2.24, 2.45) is 0 Å². The van der Waals surface area contributed by atoms with E-state index in [1.165, 1.54) is 0 Å². The number of hydrogen-bond donors (Lipinski definition) is 3. The van der Waals surface area contributed by atoms with Crippen LogP contribution in [0.3, 0.4) is 0 Å². The Morgan fingerprint density at radius 1 is 1.15 bits per heavy atom. The number of rotatable bonds is 6. The van der Waals surface area contributed by atoms with Gasteiger partial charge in [-0.15, -0.1) is 0 Å². The number of carbonyl (C=O) groups excluding carboxylic acids is 2. The molecule has 5 nitrogen and oxygen atoms in total. The molecule has 1 aromatic carbocycles. The summed E-state index contributed by atoms with van der Waals surface area (Å²) >= 11 is 5.79. The Kier molecular flexibility index (Phi) is 5.24. The summed E-state index contributed by atoms with van der Waals surface area (Å²) < 4.78 is 0. The maximum Gasteiger partial charge on any atom is 0.315 e. The number of amides is 3. The molecule has 3 amide bonds. The van der Waals surface area contributed by atoms with Gasteiger partial charge in [-0.05, 0) is 37.0 Å². The van der Waals surface area contributed by atoms with E-state index in [4.69, 9.17) is 11.6 Å². The first kappa shape index (κ1) is 14.7. The number of benzene rings is 1. The molecule has 1 saturated carbocycles. The Labute approximate surface area is 123 Å². The zero-order valence-electron chi connectivity index (χ0n) is 11.1. The minimum atomic E-state index is -0.277. The van der Waals surface area contributed by atoms with Crippen LogP contribution in [0.5, 0.6) is 0 Å². The zero-order chi connectivity index (χ0) is 14.4. The zero-order valence-corrected chi connectivity index (χ0v) is 11.9. The lowest BCUT2D eigenvalue weighted by Gasteiger charge is -2.08. The van der Waals surface area contributed by atoms with Gasteiger partial charge in [0.1, 0.15) is 0 Å². The molecule has 0 heterocycles. The minimum Gasteiger partial charge on any atom is -0.354 e. The number of hydrogen-bond acceptors (Lipinski definition) is 2. The number of nitrogens with one attached hydrogen (secondary N) is 3. The van der Waals surface area contributed by atoms with E-state index in [0.717, 1.165) is 24.8 Å². The van der Waals surface area contributed by atoms with Crippen molar-refractivity contribution in [3.8, 4) is 0 Å². The largest absolute Gasteiger partial charge is 0.354 e.